The zero-order valence-electron chi connectivity index (χ0n) is 26.5. The van der Waals surface area contributed by atoms with Crippen LogP contribution < -0.4 is 10.6 Å². The van der Waals surface area contributed by atoms with Crippen LogP contribution in [0.2, 0.25) is 0 Å². The third-order valence-corrected chi connectivity index (χ3v) is 6.70. The van der Waals surface area contributed by atoms with Crippen LogP contribution in [0.5, 0.6) is 5.75 Å². The number of alkyl carbamates (subject to hydrolysis) is 1. The summed E-state index contributed by atoms with van der Waals surface area (Å²) in [7, 11) is 0. The van der Waals surface area contributed by atoms with E-state index in [0.29, 0.717) is 12.1 Å². The zero-order valence-corrected chi connectivity index (χ0v) is 26.5. The summed E-state index contributed by atoms with van der Waals surface area (Å²) in [6, 6.07) is 19.8. The topological polar surface area (TPSA) is 108 Å². The van der Waals surface area contributed by atoms with Gasteiger partial charge in [-0.25, -0.2) is 4.79 Å². The monoisotopic (exact) mass is 587 g/mol. The number of hydrogen-bond acceptors (Lipinski definition) is 5. The summed E-state index contributed by atoms with van der Waals surface area (Å²) in [5, 5.41) is 15.6. The molecule has 2 atom stereocenters. The van der Waals surface area contributed by atoms with E-state index in [9.17, 15) is 19.5 Å². The van der Waals surface area contributed by atoms with E-state index in [4.69, 9.17) is 4.74 Å². The summed E-state index contributed by atoms with van der Waals surface area (Å²) >= 11 is 0. The number of rotatable bonds is 9. The molecule has 2 unspecified atom stereocenters. The molecule has 0 radical (unpaired) electrons. The molecule has 43 heavy (non-hydrogen) atoms. The molecule has 0 aliphatic carbocycles. The molecule has 3 amide bonds. The lowest BCUT2D eigenvalue weighted by molar-refractivity contribution is -0.148. The number of aryl methyl sites for hydroxylation is 2. The molecule has 3 rings (SSSR count). The summed E-state index contributed by atoms with van der Waals surface area (Å²) in [5.41, 5.74) is 2.64. The minimum absolute atomic E-state index is 0.0908. The number of amides is 3. The minimum atomic E-state index is -1.06. The smallest absolute Gasteiger partial charge is 0.408 e. The molecule has 3 aromatic rings. The molecule has 8 nitrogen and oxygen atoms in total. The molecule has 0 bridgehead atoms. The number of benzene rings is 3. The average molecular weight is 588 g/mol. The Hall–Kier alpha value is -4.33. The Morgan fingerprint density at radius 3 is 1.95 bits per heavy atom. The molecule has 0 fully saturated rings. The number of ether oxygens (including phenoxy) is 1. The van der Waals surface area contributed by atoms with Gasteiger partial charge in [0.1, 0.15) is 23.4 Å². The molecule has 0 spiro atoms. The Labute approximate surface area is 255 Å². The first-order valence-electron chi connectivity index (χ1n) is 14.5. The average Bonchev–Trinajstić information content (AvgIpc) is 2.89. The Morgan fingerprint density at radius 1 is 0.837 bits per heavy atom. The van der Waals surface area contributed by atoms with Gasteiger partial charge in [0.25, 0.3) is 0 Å². The number of nitrogens with one attached hydrogen (secondary N) is 2. The van der Waals surface area contributed by atoms with Crippen molar-refractivity contribution < 1.29 is 24.2 Å². The summed E-state index contributed by atoms with van der Waals surface area (Å²) in [6.45, 7) is 15.1. The highest BCUT2D eigenvalue weighted by molar-refractivity contribution is 5.93. The highest BCUT2D eigenvalue weighted by Crippen LogP contribution is 2.32. The summed E-state index contributed by atoms with van der Waals surface area (Å²) in [6.07, 6.45) is -0.620. The van der Waals surface area contributed by atoms with Crippen LogP contribution in [0.4, 0.5) is 4.79 Å². The minimum Gasteiger partial charge on any atom is -0.508 e. The molecule has 0 aliphatic heterocycles. The van der Waals surface area contributed by atoms with Crippen LogP contribution in [0.1, 0.15) is 75.4 Å². The number of phenols is 1. The molecule has 0 saturated heterocycles. The molecule has 3 N–H and O–H groups in total. The first kappa shape index (κ1) is 33.2. The summed E-state index contributed by atoms with van der Waals surface area (Å²) in [5.74, 6) is -0.684. The third kappa shape index (κ3) is 9.87. The van der Waals surface area contributed by atoms with Crippen LogP contribution in [0.15, 0.2) is 72.8 Å². The Bertz CT molecular complexity index is 1390. The van der Waals surface area contributed by atoms with Crippen LogP contribution >= 0.6 is 0 Å². The van der Waals surface area contributed by atoms with Crippen molar-refractivity contribution in [3.05, 3.63) is 101 Å². The van der Waals surface area contributed by atoms with Gasteiger partial charge in [0, 0.05) is 18.5 Å². The van der Waals surface area contributed by atoms with Gasteiger partial charge in [-0.2, -0.15) is 0 Å². The maximum absolute atomic E-state index is 14.7. The highest BCUT2D eigenvalue weighted by atomic mass is 16.6. The standard InChI is InChI=1S/C35H45N3O5/c1-23-18-24(2)20-27(19-23)30(31(40)36-22-26-12-10-9-11-13-26)38(34(3,4)5)32(41)29(37-33(42)43-35(6,7)8)21-25-14-16-28(39)17-15-25/h9-20,29-30,39H,21-22H2,1-8H3,(H,36,40)(H,37,42). The van der Waals surface area contributed by atoms with E-state index in [1.807, 2.05) is 83.1 Å². The molecule has 0 aromatic heterocycles. The van der Waals surface area contributed by atoms with E-state index >= 15 is 0 Å². The van der Waals surface area contributed by atoms with Crippen molar-refractivity contribution in [2.45, 2.75) is 91.6 Å². The fraction of sp³-hybridized carbons (Fsp3) is 0.400. The lowest BCUT2D eigenvalue weighted by Gasteiger charge is -2.43. The van der Waals surface area contributed by atoms with Gasteiger partial charge in [-0.3, -0.25) is 9.59 Å². The van der Waals surface area contributed by atoms with Crippen molar-refractivity contribution in [1.82, 2.24) is 15.5 Å². The Kier molecular flexibility index (Phi) is 10.6. The molecule has 8 heteroatoms. The van der Waals surface area contributed by atoms with Crippen molar-refractivity contribution in [1.29, 1.82) is 0 Å². The van der Waals surface area contributed by atoms with E-state index in [1.165, 1.54) is 12.1 Å². The third-order valence-electron chi connectivity index (χ3n) is 6.70. The van der Waals surface area contributed by atoms with Gasteiger partial charge in [0.2, 0.25) is 11.8 Å². The van der Waals surface area contributed by atoms with E-state index in [2.05, 4.69) is 10.6 Å². The van der Waals surface area contributed by atoms with Gasteiger partial charge in [-0.15, -0.1) is 0 Å². The zero-order chi connectivity index (χ0) is 31.9. The van der Waals surface area contributed by atoms with Crippen molar-refractivity contribution in [2.75, 3.05) is 0 Å². The SMILES string of the molecule is Cc1cc(C)cc(C(C(=O)NCc2ccccc2)N(C(=O)C(Cc2ccc(O)cc2)NC(=O)OC(C)(C)C)C(C)(C)C)c1. The first-order chi connectivity index (χ1) is 20.0. The molecule has 3 aromatic carbocycles. The van der Waals surface area contributed by atoms with E-state index in [1.54, 1.807) is 37.8 Å². The fourth-order valence-corrected chi connectivity index (χ4v) is 5.00. The van der Waals surface area contributed by atoms with Crippen molar-refractivity contribution >= 4 is 17.9 Å². The fourth-order valence-electron chi connectivity index (χ4n) is 5.00. The van der Waals surface area contributed by atoms with Gasteiger partial charge in [-0.05, 0) is 84.2 Å². The van der Waals surface area contributed by atoms with Gasteiger partial charge < -0.3 is 25.4 Å². The second-order valence-corrected chi connectivity index (χ2v) is 13.0. The summed E-state index contributed by atoms with van der Waals surface area (Å²) in [4.78, 5) is 43.3. The maximum Gasteiger partial charge on any atom is 0.408 e. The second kappa shape index (κ2) is 13.8. The van der Waals surface area contributed by atoms with E-state index in [0.717, 1.165) is 22.3 Å². The lowest BCUT2D eigenvalue weighted by atomic mass is 9.92. The molecule has 0 heterocycles. The van der Waals surface area contributed by atoms with Crippen LogP contribution in [0.25, 0.3) is 0 Å². The number of carbonyl (C=O) groups excluding carboxylic acids is 3. The van der Waals surface area contributed by atoms with Crippen molar-refractivity contribution in [3.63, 3.8) is 0 Å². The number of nitrogens with zero attached hydrogens (tertiary/aromatic N) is 1. The second-order valence-electron chi connectivity index (χ2n) is 13.0. The van der Waals surface area contributed by atoms with Crippen LogP contribution in [-0.2, 0) is 27.3 Å². The Balaban J connectivity index is 2.09. The molecule has 230 valence electrons. The largest absolute Gasteiger partial charge is 0.508 e. The quantitative estimate of drug-likeness (QED) is 0.279. The Morgan fingerprint density at radius 2 is 1.42 bits per heavy atom. The number of phenolic OH excluding ortho intramolecular Hbond substituents is 1. The predicted molar refractivity (Wildman–Crippen MR) is 169 cm³/mol. The van der Waals surface area contributed by atoms with Gasteiger partial charge >= 0.3 is 6.09 Å². The van der Waals surface area contributed by atoms with E-state index < -0.39 is 35.2 Å². The first-order valence-corrected chi connectivity index (χ1v) is 14.5. The van der Waals surface area contributed by atoms with Crippen molar-refractivity contribution in [2.24, 2.45) is 0 Å². The number of carbonyl (C=O) groups is 3. The maximum atomic E-state index is 14.7. The van der Waals surface area contributed by atoms with Gasteiger partial charge in [-0.1, -0.05) is 71.8 Å². The van der Waals surface area contributed by atoms with Gasteiger partial charge in [0.15, 0.2) is 0 Å². The van der Waals surface area contributed by atoms with Crippen LogP contribution in [-0.4, -0.2) is 45.1 Å². The van der Waals surface area contributed by atoms with Gasteiger partial charge in [0.05, 0.1) is 0 Å². The number of aromatic hydroxyl groups is 1. The molecule has 0 aliphatic rings. The van der Waals surface area contributed by atoms with Crippen LogP contribution in [0.3, 0.4) is 0 Å². The van der Waals surface area contributed by atoms with Crippen molar-refractivity contribution in [3.8, 4) is 5.75 Å². The van der Waals surface area contributed by atoms with E-state index in [-0.39, 0.29) is 18.1 Å². The molecule has 0 saturated carbocycles. The molecular weight excluding hydrogens is 542 g/mol. The molecular formula is C35H45N3O5. The highest BCUT2D eigenvalue weighted by Gasteiger charge is 2.42. The normalized spacial score (nSPS) is 13.0. The summed E-state index contributed by atoms with van der Waals surface area (Å²) < 4.78 is 5.51. The van der Waals surface area contributed by atoms with Crippen LogP contribution in [0, 0.1) is 13.8 Å². The predicted octanol–water partition coefficient (Wildman–Crippen LogP) is 6.13. The number of hydrogen-bond donors (Lipinski definition) is 3. The lowest BCUT2D eigenvalue weighted by Crippen LogP contribution is -2.59.